The van der Waals surface area contributed by atoms with Crippen LogP contribution in [0.5, 0.6) is 0 Å². The summed E-state index contributed by atoms with van der Waals surface area (Å²) in [6.07, 6.45) is -4.62. The third kappa shape index (κ3) is 4.19. The Balaban J connectivity index is 2.92. The molecule has 1 rings (SSSR count). The molecule has 3 nitrogen and oxygen atoms in total. The van der Waals surface area contributed by atoms with E-state index in [4.69, 9.17) is 4.74 Å². The summed E-state index contributed by atoms with van der Waals surface area (Å²) in [4.78, 5) is 13.0. The van der Waals surface area contributed by atoms with Gasteiger partial charge >= 0.3 is 6.18 Å². The lowest BCUT2D eigenvalue weighted by atomic mass is 10.1. The highest BCUT2D eigenvalue weighted by molar-refractivity contribution is 5.94. The molecule has 1 aromatic rings. The third-order valence-corrected chi connectivity index (χ3v) is 2.65. The molecule has 0 atom stereocenters. The van der Waals surface area contributed by atoms with Crippen LogP contribution in [0.1, 0.15) is 22.8 Å². The zero-order valence-electron chi connectivity index (χ0n) is 11.1. The lowest BCUT2D eigenvalue weighted by molar-refractivity contribution is -0.137. The minimum Gasteiger partial charge on any atom is -0.380 e. The summed E-state index contributed by atoms with van der Waals surface area (Å²) in [5.74, 6) is -1.79. The van der Waals surface area contributed by atoms with Gasteiger partial charge in [-0.2, -0.15) is 13.2 Å². The van der Waals surface area contributed by atoms with Crippen LogP contribution in [0.15, 0.2) is 18.2 Å². The Hall–Kier alpha value is -1.63. The number of nitrogens with zero attached hydrogens (tertiary/aromatic N) is 1. The molecule has 0 saturated carbocycles. The van der Waals surface area contributed by atoms with Gasteiger partial charge in [0, 0.05) is 20.2 Å². The van der Waals surface area contributed by atoms with Gasteiger partial charge in [0.25, 0.3) is 5.91 Å². The van der Waals surface area contributed by atoms with Gasteiger partial charge in [0.1, 0.15) is 5.82 Å². The van der Waals surface area contributed by atoms with Gasteiger partial charge in [0.05, 0.1) is 17.7 Å². The van der Waals surface area contributed by atoms with Crippen LogP contribution >= 0.6 is 0 Å². The Morgan fingerprint density at radius 3 is 2.55 bits per heavy atom. The molecule has 20 heavy (non-hydrogen) atoms. The number of amides is 1. The molecule has 0 aliphatic rings. The molecule has 0 fully saturated rings. The molecule has 0 saturated heterocycles. The molecule has 0 aromatic heterocycles. The van der Waals surface area contributed by atoms with E-state index in [1.807, 2.05) is 0 Å². The monoisotopic (exact) mass is 293 g/mol. The summed E-state index contributed by atoms with van der Waals surface area (Å²) < 4.78 is 56.2. The number of carbonyl (C=O) groups excluding carboxylic acids is 1. The minimum absolute atomic E-state index is 0.169. The van der Waals surface area contributed by atoms with Gasteiger partial charge in [0.2, 0.25) is 0 Å². The van der Waals surface area contributed by atoms with Crippen molar-refractivity contribution in [3.8, 4) is 0 Å². The number of carbonyl (C=O) groups is 1. The quantitative estimate of drug-likeness (QED) is 0.617. The second kappa shape index (κ2) is 6.69. The summed E-state index contributed by atoms with van der Waals surface area (Å²) in [7, 11) is 1.38. The van der Waals surface area contributed by atoms with E-state index < -0.39 is 29.0 Å². The van der Waals surface area contributed by atoms with Gasteiger partial charge in [0.15, 0.2) is 0 Å². The average Bonchev–Trinajstić information content (AvgIpc) is 2.37. The van der Waals surface area contributed by atoms with Crippen LogP contribution in [0.3, 0.4) is 0 Å². The largest absolute Gasteiger partial charge is 0.416 e. The van der Waals surface area contributed by atoms with Crippen molar-refractivity contribution in [1.82, 2.24) is 4.90 Å². The van der Waals surface area contributed by atoms with Crippen LogP contribution in [0.4, 0.5) is 17.6 Å². The van der Waals surface area contributed by atoms with Gasteiger partial charge in [-0.15, -0.1) is 0 Å². The molecule has 1 amide bonds. The smallest absolute Gasteiger partial charge is 0.380 e. The Labute approximate surface area is 114 Å². The van der Waals surface area contributed by atoms with Crippen LogP contribution in [-0.2, 0) is 10.9 Å². The highest BCUT2D eigenvalue weighted by Crippen LogP contribution is 2.30. The number of benzene rings is 1. The lowest BCUT2D eigenvalue weighted by Gasteiger charge is -2.18. The number of halogens is 4. The fraction of sp³-hybridized carbons (Fsp3) is 0.462. The zero-order chi connectivity index (χ0) is 15.3. The van der Waals surface area contributed by atoms with Crippen molar-refractivity contribution in [2.75, 3.05) is 26.8 Å². The molecule has 112 valence electrons. The SMILES string of the molecule is CCOCCN(C)C(=O)c1cc(C(F)(F)F)ccc1F. The van der Waals surface area contributed by atoms with Crippen molar-refractivity contribution in [3.05, 3.63) is 35.1 Å². The van der Waals surface area contributed by atoms with Crippen LogP contribution in [0.25, 0.3) is 0 Å². The van der Waals surface area contributed by atoms with Crippen LogP contribution in [-0.4, -0.2) is 37.6 Å². The van der Waals surface area contributed by atoms with E-state index in [2.05, 4.69) is 0 Å². The average molecular weight is 293 g/mol. The van der Waals surface area contributed by atoms with Crippen molar-refractivity contribution >= 4 is 5.91 Å². The van der Waals surface area contributed by atoms with Gasteiger partial charge < -0.3 is 9.64 Å². The number of likely N-dealkylation sites (N-methyl/N-ethyl adjacent to an activating group) is 1. The molecule has 0 aliphatic carbocycles. The first-order valence-corrected chi connectivity index (χ1v) is 5.97. The second-order valence-electron chi connectivity index (χ2n) is 4.12. The number of hydrogen-bond acceptors (Lipinski definition) is 2. The second-order valence-corrected chi connectivity index (χ2v) is 4.12. The Bertz CT molecular complexity index is 474. The van der Waals surface area contributed by atoms with Crippen LogP contribution in [0.2, 0.25) is 0 Å². The van der Waals surface area contributed by atoms with Crippen molar-refractivity contribution in [2.24, 2.45) is 0 Å². The molecule has 1 aromatic carbocycles. The van der Waals surface area contributed by atoms with Gasteiger partial charge in [-0.3, -0.25) is 4.79 Å². The van der Waals surface area contributed by atoms with E-state index >= 15 is 0 Å². The predicted octanol–water partition coefficient (Wildman–Crippen LogP) is 2.95. The summed E-state index contributed by atoms with van der Waals surface area (Å²) in [6.45, 7) is 2.63. The molecule has 0 aliphatic heterocycles. The molecule has 0 unspecified atom stereocenters. The van der Waals surface area contributed by atoms with Crippen LogP contribution < -0.4 is 0 Å². The molecule has 0 N–H and O–H groups in total. The van der Waals surface area contributed by atoms with E-state index in [1.165, 1.54) is 7.05 Å². The summed E-state index contributed by atoms with van der Waals surface area (Å²) in [5, 5.41) is 0. The molecule has 7 heteroatoms. The first kappa shape index (κ1) is 16.4. The maximum Gasteiger partial charge on any atom is 0.416 e. The number of rotatable bonds is 5. The first-order chi connectivity index (χ1) is 9.27. The summed E-state index contributed by atoms with van der Waals surface area (Å²) >= 11 is 0. The molecule has 0 spiro atoms. The Kier molecular flexibility index (Phi) is 5.50. The third-order valence-electron chi connectivity index (χ3n) is 2.65. The van der Waals surface area contributed by atoms with E-state index in [1.54, 1.807) is 6.92 Å². The Morgan fingerprint density at radius 2 is 2.00 bits per heavy atom. The number of ether oxygens (including phenoxy) is 1. The first-order valence-electron chi connectivity index (χ1n) is 5.97. The highest BCUT2D eigenvalue weighted by Gasteiger charge is 2.32. The van der Waals surface area contributed by atoms with Gasteiger partial charge in [-0.1, -0.05) is 0 Å². The van der Waals surface area contributed by atoms with Crippen molar-refractivity contribution < 1.29 is 27.1 Å². The molecule has 0 heterocycles. The molecule has 0 bridgehead atoms. The fourth-order valence-electron chi connectivity index (χ4n) is 1.52. The van der Waals surface area contributed by atoms with Crippen molar-refractivity contribution in [3.63, 3.8) is 0 Å². The maximum atomic E-state index is 13.5. The van der Waals surface area contributed by atoms with E-state index in [0.717, 1.165) is 4.90 Å². The highest BCUT2D eigenvalue weighted by atomic mass is 19.4. The standard InChI is InChI=1S/C13H15F4NO2/c1-3-20-7-6-18(2)12(19)10-8-9(13(15,16)17)4-5-11(10)14/h4-5,8H,3,6-7H2,1-2H3. The van der Waals surface area contributed by atoms with Gasteiger partial charge in [-0.05, 0) is 25.1 Å². The van der Waals surface area contributed by atoms with Crippen molar-refractivity contribution in [2.45, 2.75) is 13.1 Å². The predicted molar refractivity (Wildman–Crippen MR) is 64.9 cm³/mol. The topological polar surface area (TPSA) is 29.5 Å². The van der Waals surface area contributed by atoms with Crippen molar-refractivity contribution in [1.29, 1.82) is 0 Å². The maximum absolute atomic E-state index is 13.5. The van der Waals surface area contributed by atoms with E-state index in [-0.39, 0.29) is 13.2 Å². The van der Waals surface area contributed by atoms with E-state index in [9.17, 15) is 22.4 Å². The minimum atomic E-state index is -4.62. The Morgan fingerprint density at radius 1 is 1.35 bits per heavy atom. The van der Waals surface area contributed by atoms with Crippen LogP contribution in [0, 0.1) is 5.82 Å². The summed E-state index contributed by atoms with van der Waals surface area (Å²) in [6, 6.07) is 1.77. The molecular formula is C13H15F4NO2. The number of hydrogen-bond donors (Lipinski definition) is 0. The molecular weight excluding hydrogens is 278 g/mol. The molecule has 0 radical (unpaired) electrons. The van der Waals surface area contributed by atoms with Gasteiger partial charge in [-0.25, -0.2) is 4.39 Å². The zero-order valence-corrected chi connectivity index (χ0v) is 11.1. The normalized spacial score (nSPS) is 11.5. The summed E-state index contributed by atoms with van der Waals surface area (Å²) in [5.41, 5.74) is -1.65. The fourth-order valence-corrected chi connectivity index (χ4v) is 1.52. The van der Waals surface area contributed by atoms with E-state index in [0.29, 0.717) is 24.8 Å². The lowest BCUT2D eigenvalue weighted by Crippen LogP contribution is -2.31. The number of alkyl halides is 3.